The summed E-state index contributed by atoms with van der Waals surface area (Å²) in [6, 6.07) is 10.8. The molecule has 0 heterocycles. The van der Waals surface area contributed by atoms with Gasteiger partial charge >= 0.3 is 12.2 Å². The van der Waals surface area contributed by atoms with Gasteiger partial charge < -0.3 is 15.2 Å². The number of anilines is 1. The number of carbonyl (C=O) groups is 1. The third-order valence-electron chi connectivity index (χ3n) is 3.78. The van der Waals surface area contributed by atoms with Crippen molar-refractivity contribution in [2.45, 2.75) is 25.4 Å². The summed E-state index contributed by atoms with van der Waals surface area (Å²) in [4.78, 5) is 11.1. The van der Waals surface area contributed by atoms with Crippen LogP contribution in [0, 0.1) is 0 Å². The molecule has 28 heavy (non-hydrogen) atoms. The quantitative estimate of drug-likeness (QED) is 0.445. The monoisotopic (exact) mass is 414 g/mol. The number of benzene rings is 2. The lowest BCUT2D eigenvalue weighted by molar-refractivity contribution is -0.137. The summed E-state index contributed by atoms with van der Waals surface area (Å²) in [5.41, 5.74) is 4.98. The van der Waals surface area contributed by atoms with Gasteiger partial charge in [-0.1, -0.05) is 18.9 Å². The minimum atomic E-state index is -4.34. The number of hydrogen-bond donors (Lipinski definition) is 2. The summed E-state index contributed by atoms with van der Waals surface area (Å²) in [6.45, 7) is 0.890. The van der Waals surface area contributed by atoms with Gasteiger partial charge in [-0.15, -0.1) is 0 Å². The summed E-state index contributed by atoms with van der Waals surface area (Å²) in [6.07, 6.45) is -1.99. The average Bonchev–Trinajstić information content (AvgIpc) is 2.66. The maximum atomic E-state index is 12.5. The fourth-order valence-corrected chi connectivity index (χ4v) is 2.46. The van der Waals surface area contributed by atoms with Crippen LogP contribution in [0.4, 0.5) is 23.7 Å². The van der Waals surface area contributed by atoms with E-state index in [4.69, 9.17) is 15.2 Å². The van der Waals surface area contributed by atoms with E-state index in [1.54, 1.807) is 24.3 Å². The highest BCUT2D eigenvalue weighted by Gasteiger charge is 2.29. The average molecular weight is 414 g/mol. The van der Waals surface area contributed by atoms with Gasteiger partial charge in [-0.05, 0) is 55.7 Å². The van der Waals surface area contributed by atoms with Crippen LogP contribution < -0.4 is 19.5 Å². The molecule has 0 bridgehead atoms. The van der Waals surface area contributed by atoms with E-state index in [1.807, 2.05) is 0 Å². The van der Waals surface area contributed by atoms with Gasteiger partial charge in [-0.2, -0.15) is 13.2 Å². The second-order valence-corrected chi connectivity index (χ2v) is 6.33. The Morgan fingerprint density at radius 1 is 0.964 bits per heavy atom. The number of nitrogens with zero attached hydrogens (tertiary/aromatic N) is 1. The Balaban J connectivity index is 1.63. The van der Waals surface area contributed by atoms with Gasteiger partial charge in [0, 0.05) is 6.07 Å². The summed E-state index contributed by atoms with van der Waals surface area (Å²) < 4.78 is 49.5. The second kappa shape index (κ2) is 10.1. The van der Waals surface area contributed by atoms with Crippen LogP contribution in [0.3, 0.4) is 0 Å². The molecular formula is C19H21F3N2O3S. The van der Waals surface area contributed by atoms with Crippen molar-refractivity contribution in [2.24, 2.45) is 5.73 Å². The van der Waals surface area contributed by atoms with E-state index in [0.717, 1.165) is 35.7 Å². The summed E-state index contributed by atoms with van der Waals surface area (Å²) in [5, 5.41) is 0. The summed E-state index contributed by atoms with van der Waals surface area (Å²) in [7, 11) is 0. The molecule has 2 aromatic carbocycles. The zero-order valence-corrected chi connectivity index (χ0v) is 15.9. The maximum Gasteiger partial charge on any atom is 0.416 e. The standard InChI is InChI=1S/C19H21F3N2O3S/c20-19(21,22)14-7-9-16(10-8-14)26-11-2-1-3-12-27-17-6-4-5-15(13-17)24(28)18(23)25/h4-10,13,28H,1-3,11-12H2,(H2,23,25). The molecule has 5 nitrogen and oxygen atoms in total. The molecule has 0 aliphatic rings. The smallest absolute Gasteiger partial charge is 0.416 e. The highest BCUT2D eigenvalue weighted by atomic mass is 32.1. The molecule has 0 aliphatic heterocycles. The fraction of sp³-hybridized carbons (Fsp3) is 0.316. The molecule has 152 valence electrons. The van der Waals surface area contributed by atoms with Crippen molar-refractivity contribution in [1.29, 1.82) is 0 Å². The molecule has 0 spiro atoms. The fourth-order valence-electron chi connectivity index (χ4n) is 2.33. The minimum absolute atomic E-state index is 0.409. The van der Waals surface area contributed by atoms with Crippen LogP contribution in [0.1, 0.15) is 24.8 Å². The number of thiol groups is 1. The lowest BCUT2D eigenvalue weighted by Gasteiger charge is -2.14. The molecule has 2 amide bonds. The number of amides is 2. The first-order valence-corrected chi connectivity index (χ1v) is 8.99. The van der Waals surface area contributed by atoms with Gasteiger partial charge in [0.05, 0.1) is 24.5 Å². The lowest BCUT2D eigenvalue weighted by Crippen LogP contribution is -2.27. The number of unbranched alkanes of at least 4 members (excludes halogenated alkanes) is 2. The van der Waals surface area contributed by atoms with E-state index in [9.17, 15) is 18.0 Å². The van der Waals surface area contributed by atoms with Crippen molar-refractivity contribution < 1.29 is 27.4 Å². The molecule has 0 aliphatic carbocycles. The topological polar surface area (TPSA) is 64.8 Å². The van der Waals surface area contributed by atoms with Crippen molar-refractivity contribution in [1.82, 2.24) is 0 Å². The number of halogens is 3. The highest BCUT2D eigenvalue weighted by molar-refractivity contribution is 7.82. The molecule has 0 saturated carbocycles. The van der Waals surface area contributed by atoms with Gasteiger partial charge in [0.15, 0.2) is 0 Å². The van der Waals surface area contributed by atoms with Gasteiger partial charge in [0.25, 0.3) is 0 Å². The Morgan fingerprint density at radius 2 is 1.57 bits per heavy atom. The van der Waals surface area contributed by atoms with E-state index in [0.29, 0.717) is 30.4 Å². The normalized spacial score (nSPS) is 11.1. The molecular weight excluding hydrogens is 393 g/mol. The van der Waals surface area contributed by atoms with Gasteiger partial charge in [0.2, 0.25) is 0 Å². The first-order chi connectivity index (χ1) is 13.3. The van der Waals surface area contributed by atoms with Crippen LogP contribution in [0.15, 0.2) is 48.5 Å². The highest BCUT2D eigenvalue weighted by Crippen LogP contribution is 2.30. The Kier molecular flexibility index (Phi) is 7.86. The van der Waals surface area contributed by atoms with E-state index in [2.05, 4.69) is 12.8 Å². The molecule has 2 aromatic rings. The Labute approximate surface area is 166 Å². The number of nitrogens with two attached hydrogens (primary N) is 1. The predicted octanol–water partition coefficient (Wildman–Crippen LogP) is 5.06. The zero-order valence-electron chi connectivity index (χ0n) is 15.0. The maximum absolute atomic E-state index is 12.5. The van der Waals surface area contributed by atoms with Crippen LogP contribution >= 0.6 is 12.8 Å². The Hall–Kier alpha value is -2.55. The third kappa shape index (κ3) is 6.88. The molecule has 0 unspecified atom stereocenters. The number of alkyl halides is 3. The van der Waals surface area contributed by atoms with E-state index in [1.165, 1.54) is 12.1 Å². The number of rotatable bonds is 9. The first-order valence-electron chi connectivity index (χ1n) is 8.59. The minimum Gasteiger partial charge on any atom is -0.494 e. The lowest BCUT2D eigenvalue weighted by atomic mass is 10.2. The largest absolute Gasteiger partial charge is 0.494 e. The van der Waals surface area contributed by atoms with E-state index < -0.39 is 17.8 Å². The molecule has 9 heteroatoms. The molecule has 0 saturated heterocycles. The van der Waals surface area contributed by atoms with Crippen LogP contribution in [-0.4, -0.2) is 19.2 Å². The predicted molar refractivity (Wildman–Crippen MR) is 104 cm³/mol. The van der Waals surface area contributed by atoms with Crippen molar-refractivity contribution >= 4 is 24.5 Å². The molecule has 0 aromatic heterocycles. The number of ether oxygens (including phenoxy) is 2. The number of carbonyl (C=O) groups excluding carboxylic acids is 1. The van der Waals surface area contributed by atoms with E-state index in [-0.39, 0.29) is 0 Å². The summed E-state index contributed by atoms with van der Waals surface area (Å²) in [5.74, 6) is 1.01. The van der Waals surface area contributed by atoms with Crippen molar-refractivity contribution in [3.8, 4) is 11.5 Å². The van der Waals surface area contributed by atoms with Gasteiger partial charge in [0.1, 0.15) is 11.5 Å². The Morgan fingerprint density at radius 3 is 2.14 bits per heavy atom. The van der Waals surface area contributed by atoms with Crippen molar-refractivity contribution in [3.05, 3.63) is 54.1 Å². The van der Waals surface area contributed by atoms with E-state index >= 15 is 0 Å². The number of urea groups is 1. The second-order valence-electron chi connectivity index (χ2n) is 5.93. The van der Waals surface area contributed by atoms with Gasteiger partial charge in [-0.25, -0.2) is 9.10 Å². The number of primary amides is 1. The summed E-state index contributed by atoms with van der Waals surface area (Å²) >= 11 is 3.99. The van der Waals surface area contributed by atoms with Crippen LogP contribution in [0.25, 0.3) is 0 Å². The molecule has 2 N–H and O–H groups in total. The molecule has 0 radical (unpaired) electrons. The molecule has 0 fully saturated rings. The Bertz CT molecular complexity index is 770. The van der Waals surface area contributed by atoms with Crippen LogP contribution in [0.5, 0.6) is 11.5 Å². The molecule has 0 atom stereocenters. The van der Waals surface area contributed by atoms with Crippen LogP contribution in [-0.2, 0) is 6.18 Å². The molecule has 2 rings (SSSR count). The van der Waals surface area contributed by atoms with Crippen molar-refractivity contribution in [3.63, 3.8) is 0 Å². The van der Waals surface area contributed by atoms with Crippen molar-refractivity contribution in [2.75, 3.05) is 17.5 Å². The zero-order chi connectivity index (χ0) is 20.6. The number of hydrogen-bond acceptors (Lipinski definition) is 4. The first kappa shape index (κ1) is 21.7. The SMILES string of the molecule is NC(=O)N(S)c1cccc(OCCCCCOc2ccc(C(F)(F)F)cc2)c1. The van der Waals surface area contributed by atoms with Crippen LogP contribution in [0.2, 0.25) is 0 Å². The van der Waals surface area contributed by atoms with Gasteiger partial charge in [-0.3, -0.25) is 0 Å². The third-order valence-corrected chi connectivity index (χ3v) is 4.21.